The van der Waals surface area contributed by atoms with E-state index in [-0.39, 0.29) is 0 Å². The zero-order valence-corrected chi connectivity index (χ0v) is 12.7. The van der Waals surface area contributed by atoms with Crippen LogP contribution in [0.5, 0.6) is 17.4 Å². The number of hydrogen-bond acceptors (Lipinski definition) is 5. The SMILES string of the molecule is COc1ccccc1Oc1cncc(CNCC(C)C)n1. The third kappa shape index (κ3) is 4.72. The summed E-state index contributed by atoms with van der Waals surface area (Å²) >= 11 is 0. The van der Waals surface area contributed by atoms with Gasteiger partial charge >= 0.3 is 0 Å². The number of aromatic nitrogens is 2. The van der Waals surface area contributed by atoms with Crippen LogP contribution in [0.15, 0.2) is 36.7 Å². The van der Waals surface area contributed by atoms with Crippen LogP contribution in [0.25, 0.3) is 0 Å². The van der Waals surface area contributed by atoms with Crippen LogP contribution in [0.1, 0.15) is 19.5 Å². The van der Waals surface area contributed by atoms with Crippen molar-refractivity contribution >= 4 is 0 Å². The van der Waals surface area contributed by atoms with Crippen molar-refractivity contribution in [3.8, 4) is 17.4 Å². The van der Waals surface area contributed by atoms with Crippen molar-refractivity contribution in [2.75, 3.05) is 13.7 Å². The Morgan fingerprint density at radius 3 is 2.62 bits per heavy atom. The van der Waals surface area contributed by atoms with Gasteiger partial charge in [0.25, 0.3) is 0 Å². The van der Waals surface area contributed by atoms with Crippen molar-refractivity contribution < 1.29 is 9.47 Å². The summed E-state index contributed by atoms with van der Waals surface area (Å²) in [6, 6.07) is 7.46. The van der Waals surface area contributed by atoms with Crippen molar-refractivity contribution in [1.29, 1.82) is 0 Å². The van der Waals surface area contributed by atoms with E-state index in [1.54, 1.807) is 19.5 Å². The molecular weight excluding hydrogens is 266 g/mol. The van der Waals surface area contributed by atoms with Crippen LogP contribution in [0.2, 0.25) is 0 Å². The van der Waals surface area contributed by atoms with Gasteiger partial charge in [-0.05, 0) is 24.6 Å². The van der Waals surface area contributed by atoms with Gasteiger partial charge in [0.1, 0.15) is 0 Å². The van der Waals surface area contributed by atoms with Gasteiger partial charge in [-0.3, -0.25) is 4.98 Å². The van der Waals surface area contributed by atoms with Gasteiger partial charge in [0, 0.05) is 12.7 Å². The number of nitrogens with zero attached hydrogens (tertiary/aromatic N) is 2. The summed E-state index contributed by atoms with van der Waals surface area (Å²) in [6.45, 7) is 5.95. The van der Waals surface area contributed by atoms with Crippen LogP contribution in [-0.4, -0.2) is 23.6 Å². The van der Waals surface area contributed by atoms with E-state index in [2.05, 4.69) is 29.1 Å². The molecule has 0 saturated heterocycles. The molecule has 1 heterocycles. The van der Waals surface area contributed by atoms with Crippen LogP contribution in [0.3, 0.4) is 0 Å². The van der Waals surface area contributed by atoms with Crippen molar-refractivity contribution in [1.82, 2.24) is 15.3 Å². The Morgan fingerprint density at radius 1 is 1.14 bits per heavy atom. The van der Waals surface area contributed by atoms with Gasteiger partial charge in [-0.15, -0.1) is 0 Å². The van der Waals surface area contributed by atoms with E-state index in [1.807, 2.05) is 24.3 Å². The van der Waals surface area contributed by atoms with E-state index in [9.17, 15) is 0 Å². The third-order valence-corrected chi connectivity index (χ3v) is 2.80. The lowest BCUT2D eigenvalue weighted by Crippen LogP contribution is -2.19. The van der Waals surface area contributed by atoms with Gasteiger partial charge in [-0.1, -0.05) is 26.0 Å². The topological polar surface area (TPSA) is 56.3 Å². The van der Waals surface area contributed by atoms with E-state index >= 15 is 0 Å². The average molecular weight is 287 g/mol. The molecule has 112 valence electrons. The number of methoxy groups -OCH3 is 1. The summed E-state index contributed by atoms with van der Waals surface area (Å²) in [6.07, 6.45) is 3.33. The first-order valence-corrected chi connectivity index (χ1v) is 7.01. The molecule has 5 nitrogen and oxygen atoms in total. The predicted octanol–water partition coefficient (Wildman–Crippen LogP) is 3.02. The molecule has 1 aromatic heterocycles. The second-order valence-corrected chi connectivity index (χ2v) is 5.13. The highest BCUT2D eigenvalue weighted by atomic mass is 16.5. The molecule has 1 N–H and O–H groups in total. The fraction of sp³-hybridized carbons (Fsp3) is 0.375. The molecule has 0 bridgehead atoms. The van der Waals surface area contributed by atoms with Gasteiger partial charge < -0.3 is 14.8 Å². The molecule has 0 aliphatic heterocycles. The minimum atomic E-state index is 0.461. The Labute approximate surface area is 125 Å². The van der Waals surface area contributed by atoms with Crippen LogP contribution < -0.4 is 14.8 Å². The molecular formula is C16H21N3O2. The van der Waals surface area contributed by atoms with Crippen LogP contribution in [0, 0.1) is 5.92 Å². The van der Waals surface area contributed by atoms with Gasteiger partial charge in [0.2, 0.25) is 5.88 Å². The molecule has 21 heavy (non-hydrogen) atoms. The van der Waals surface area contributed by atoms with Gasteiger partial charge in [0.15, 0.2) is 11.5 Å². The number of ether oxygens (including phenoxy) is 2. The monoisotopic (exact) mass is 287 g/mol. The molecule has 0 aliphatic carbocycles. The smallest absolute Gasteiger partial charge is 0.238 e. The fourth-order valence-corrected chi connectivity index (χ4v) is 1.83. The van der Waals surface area contributed by atoms with E-state index < -0.39 is 0 Å². The minimum absolute atomic E-state index is 0.461. The molecule has 1 aromatic carbocycles. The van der Waals surface area contributed by atoms with Crippen molar-refractivity contribution in [3.05, 3.63) is 42.4 Å². The number of benzene rings is 1. The zero-order valence-electron chi connectivity index (χ0n) is 12.7. The third-order valence-electron chi connectivity index (χ3n) is 2.80. The lowest BCUT2D eigenvalue weighted by molar-refractivity contribution is 0.372. The molecule has 0 saturated carbocycles. The molecule has 0 unspecified atom stereocenters. The van der Waals surface area contributed by atoms with Crippen molar-refractivity contribution in [2.24, 2.45) is 5.92 Å². The summed E-state index contributed by atoms with van der Waals surface area (Å²) in [7, 11) is 1.61. The lowest BCUT2D eigenvalue weighted by Gasteiger charge is -2.10. The van der Waals surface area contributed by atoms with Crippen molar-refractivity contribution in [3.63, 3.8) is 0 Å². The Kier molecular flexibility index (Phi) is 5.51. The van der Waals surface area contributed by atoms with Gasteiger partial charge in [-0.25, -0.2) is 4.98 Å². The standard InChI is InChI=1S/C16H21N3O2/c1-12(2)8-17-9-13-10-18-11-16(19-13)21-15-7-5-4-6-14(15)20-3/h4-7,10-12,17H,8-9H2,1-3H3. The molecule has 0 atom stereocenters. The van der Waals surface area contributed by atoms with Crippen LogP contribution in [0.4, 0.5) is 0 Å². The normalized spacial score (nSPS) is 10.7. The molecule has 2 aromatic rings. The maximum Gasteiger partial charge on any atom is 0.238 e. The highest BCUT2D eigenvalue weighted by molar-refractivity contribution is 5.41. The summed E-state index contributed by atoms with van der Waals surface area (Å²) in [4.78, 5) is 8.60. The Balaban J connectivity index is 2.03. The largest absolute Gasteiger partial charge is 0.493 e. The summed E-state index contributed by atoms with van der Waals surface area (Å²) < 4.78 is 11.0. The van der Waals surface area contributed by atoms with E-state index in [4.69, 9.17) is 9.47 Å². The molecule has 0 amide bonds. The Bertz CT molecular complexity index is 573. The molecule has 0 spiro atoms. The zero-order chi connectivity index (χ0) is 15.1. The molecule has 0 aliphatic rings. The van der Waals surface area contributed by atoms with Gasteiger partial charge in [-0.2, -0.15) is 0 Å². The highest BCUT2D eigenvalue weighted by Gasteiger charge is 2.06. The second-order valence-electron chi connectivity index (χ2n) is 5.13. The van der Waals surface area contributed by atoms with E-state index in [0.29, 0.717) is 29.8 Å². The number of nitrogens with one attached hydrogen (secondary N) is 1. The molecule has 5 heteroatoms. The maximum absolute atomic E-state index is 5.74. The number of hydrogen-bond donors (Lipinski definition) is 1. The van der Waals surface area contributed by atoms with Crippen molar-refractivity contribution in [2.45, 2.75) is 20.4 Å². The number of rotatable bonds is 7. The van der Waals surface area contributed by atoms with E-state index in [1.165, 1.54) is 0 Å². The maximum atomic E-state index is 5.74. The Hall–Kier alpha value is -2.14. The second kappa shape index (κ2) is 7.59. The predicted molar refractivity (Wildman–Crippen MR) is 81.6 cm³/mol. The Morgan fingerprint density at radius 2 is 1.90 bits per heavy atom. The van der Waals surface area contributed by atoms with Crippen LogP contribution in [-0.2, 0) is 6.54 Å². The minimum Gasteiger partial charge on any atom is -0.493 e. The highest BCUT2D eigenvalue weighted by Crippen LogP contribution is 2.29. The first kappa shape index (κ1) is 15.3. The summed E-state index contributed by atoms with van der Waals surface area (Å²) in [5.41, 5.74) is 0.850. The fourth-order valence-electron chi connectivity index (χ4n) is 1.83. The first-order valence-electron chi connectivity index (χ1n) is 7.01. The molecule has 0 radical (unpaired) electrons. The summed E-state index contributed by atoms with van der Waals surface area (Å²) in [5, 5.41) is 3.33. The average Bonchev–Trinajstić information content (AvgIpc) is 2.48. The number of para-hydroxylation sites is 2. The lowest BCUT2D eigenvalue weighted by atomic mass is 10.2. The van der Waals surface area contributed by atoms with Crippen LogP contribution >= 0.6 is 0 Å². The summed E-state index contributed by atoms with van der Waals surface area (Å²) in [5.74, 6) is 2.36. The quantitative estimate of drug-likeness (QED) is 0.848. The molecule has 0 fully saturated rings. The molecule has 2 rings (SSSR count). The van der Waals surface area contributed by atoms with Gasteiger partial charge in [0.05, 0.1) is 19.0 Å². The first-order chi connectivity index (χ1) is 10.2. The van der Waals surface area contributed by atoms with E-state index in [0.717, 1.165) is 12.2 Å².